The van der Waals surface area contributed by atoms with Crippen LogP contribution in [-0.2, 0) is 0 Å². The van der Waals surface area contributed by atoms with E-state index in [0.717, 1.165) is 6.42 Å². The Kier molecular flexibility index (Phi) is 5.58. The van der Waals surface area contributed by atoms with Gasteiger partial charge in [0, 0.05) is 18.8 Å². The van der Waals surface area contributed by atoms with Gasteiger partial charge < -0.3 is 20.4 Å². The molecule has 0 radical (unpaired) electrons. The van der Waals surface area contributed by atoms with Gasteiger partial charge in [0.25, 0.3) is 0 Å². The molecule has 0 aromatic heterocycles. The van der Waals surface area contributed by atoms with E-state index in [2.05, 4.69) is 11.9 Å². The summed E-state index contributed by atoms with van der Waals surface area (Å²) in [6.45, 7) is 6.52. The number of nitrogens with one attached hydrogen (secondary N) is 1. The molecule has 1 aromatic carbocycles. The lowest BCUT2D eigenvalue weighted by atomic mass is 10.2. The van der Waals surface area contributed by atoms with Crippen molar-refractivity contribution in [3.05, 3.63) is 36.4 Å². The van der Waals surface area contributed by atoms with Gasteiger partial charge in [0.1, 0.15) is 11.3 Å². The summed E-state index contributed by atoms with van der Waals surface area (Å²) in [5.74, 6) is -1.60. The van der Waals surface area contributed by atoms with Crippen LogP contribution in [0.3, 0.4) is 0 Å². The SMILES string of the molecule is C=CCN(CCC)C(=O)Nc1ccc(O)c(C(=O)O)c1. The fraction of sp³-hybridized carbons (Fsp3) is 0.286. The second-order valence-corrected chi connectivity index (χ2v) is 4.20. The van der Waals surface area contributed by atoms with E-state index in [4.69, 9.17) is 5.11 Å². The molecule has 0 aliphatic heterocycles. The van der Waals surface area contributed by atoms with E-state index >= 15 is 0 Å². The van der Waals surface area contributed by atoms with Crippen LogP contribution in [0, 0.1) is 0 Å². The lowest BCUT2D eigenvalue weighted by Gasteiger charge is -2.21. The maximum atomic E-state index is 12.0. The van der Waals surface area contributed by atoms with Crippen molar-refractivity contribution < 1.29 is 19.8 Å². The molecular weight excluding hydrogens is 260 g/mol. The third kappa shape index (κ3) is 4.01. The zero-order valence-corrected chi connectivity index (χ0v) is 11.3. The van der Waals surface area contributed by atoms with Crippen molar-refractivity contribution >= 4 is 17.7 Å². The molecule has 1 aromatic rings. The normalized spacial score (nSPS) is 9.85. The molecule has 6 heteroatoms. The van der Waals surface area contributed by atoms with Crippen LogP contribution in [0.15, 0.2) is 30.9 Å². The molecule has 1 rings (SSSR count). The van der Waals surface area contributed by atoms with E-state index in [1.165, 1.54) is 18.2 Å². The van der Waals surface area contributed by atoms with Gasteiger partial charge in [-0.1, -0.05) is 13.0 Å². The van der Waals surface area contributed by atoms with Gasteiger partial charge in [-0.3, -0.25) is 0 Å². The Hall–Kier alpha value is -2.50. The number of carbonyl (C=O) groups is 2. The molecule has 6 nitrogen and oxygen atoms in total. The molecular formula is C14H18N2O4. The molecule has 0 aliphatic rings. The van der Waals surface area contributed by atoms with Gasteiger partial charge in [-0.25, -0.2) is 9.59 Å². The standard InChI is InChI=1S/C14H18N2O4/c1-3-7-16(8-4-2)14(20)15-10-5-6-12(17)11(9-10)13(18)19/h3,5-6,9,17H,1,4,7-8H2,2H3,(H,15,20)(H,18,19). The summed E-state index contributed by atoms with van der Waals surface area (Å²) in [6.07, 6.45) is 2.42. The Morgan fingerprint density at radius 3 is 2.70 bits per heavy atom. The molecule has 0 bridgehead atoms. The highest BCUT2D eigenvalue weighted by molar-refractivity contribution is 5.95. The maximum Gasteiger partial charge on any atom is 0.339 e. The van der Waals surface area contributed by atoms with Crippen molar-refractivity contribution in [2.45, 2.75) is 13.3 Å². The summed E-state index contributed by atoms with van der Waals surface area (Å²) in [7, 11) is 0. The predicted octanol–water partition coefficient (Wildman–Crippen LogP) is 2.52. The Balaban J connectivity index is 2.86. The summed E-state index contributed by atoms with van der Waals surface area (Å²) in [5, 5.41) is 20.9. The molecule has 0 fully saturated rings. The number of phenols is 1. The lowest BCUT2D eigenvalue weighted by molar-refractivity contribution is 0.0693. The summed E-state index contributed by atoms with van der Waals surface area (Å²) in [4.78, 5) is 24.5. The number of amides is 2. The number of hydrogen-bond acceptors (Lipinski definition) is 3. The average Bonchev–Trinajstić information content (AvgIpc) is 2.40. The second kappa shape index (κ2) is 7.18. The minimum Gasteiger partial charge on any atom is -0.507 e. The van der Waals surface area contributed by atoms with Crippen molar-refractivity contribution in [1.82, 2.24) is 4.90 Å². The first-order valence-corrected chi connectivity index (χ1v) is 6.22. The number of hydrogen-bond donors (Lipinski definition) is 3. The van der Waals surface area contributed by atoms with Gasteiger partial charge in [0.05, 0.1) is 0 Å². The first-order valence-electron chi connectivity index (χ1n) is 6.22. The maximum absolute atomic E-state index is 12.0. The number of nitrogens with zero attached hydrogens (tertiary/aromatic N) is 1. The Morgan fingerprint density at radius 1 is 1.45 bits per heavy atom. The van der Waals surface area contributed by atoms with E-state index < -0.39 is 5.97 Å². The largest absolute Gasteiger partial charge is 0.507 e. The second-order valence-electron chi connectivity index (χ2n) is 4.20. The number of carbonyl (C=O) groups excluding carboxylic acids is 1. The molecule has 0 saturated heterocycles. The Morgan fingerprint density at radius 2 is 2.15 bits per heavy atom. The topological polar surface area (TPSA) is 89.9 Å². The van der Waals surface area contributed by atoms with Crippen LogP contribution in [0.5, 0.6) is 5.75 Å². The van der Waals surface area contributed by atoms with Gasteiger partial charge in [-0.05, 0) is 24.6 Å². The molecule has 20 heavy (non-hydrogen) atoms. The fourth-order valence-corrected chi connectivity index (χ4v) is 1.69. The lowest BCUT2D eigenvalue weighted by Crippen LogP contribution is -2.35. The van der Waals surface area contributed by atoms with Crippen LogP contribution in [0.1, 0.15) is 23.7 Å². The zero-order chi connectivity index (χ0) is 15.1. The quantitative estimate of drug-likeness (QED) is 0.551. The van der Waals surface area contributed by atoms with Crippen LogP contribution in [0.2, 0.25) is 0 Å². The number of rotatable bonds is 6. The minimum absolute atomic E-state index is 0.256. The molecule has 0 aliphatic carbocycles. The van der Waals surface area contributed by atoms with E-state index in [9.17, 15) is 14.7 Å². The molecule has 108 valence electrons. The van der Waals surface area contributed by atoms with Gasteiger partial charge in [-0.2, -0.15) is 0 Å². The molecule has 0 unspecified atom stereocenters. The van der Waals surface area contributed by atoms with E-state index in [0.29, 0.717) is 18.8 Å². The number of benzene rings is 1. The molecule has 0 spiro atoms. The highest BCUT2D eigenvalue weighted by Gasteiger charge is 2.14. The molecule has 2 amide bonds. The van der Waals surface area contributed by atoms with E-state index in [-0.39, 0.29) is 17.3 Å². The van der Waals surface area contributed by atoms with Crippen LogP contribution >= 0.6 is 0 Å². The van der Waals surface area contributed by atoms with Crippen molar-refractivity contribution in [2.24, 2.45) is 0 Å². The predicted molar refractivity (Wildman–Crippen MR) is 76.1 cm³/mol. The van der Waals surface area contributed by atoms with Crippen LogP contribution < -0.4 is 5.32 Å². The fourth-order valence-electron chi connectivity index (χ4n) is 1.69. The monoisotopic (exact) mass is 278 g/mol. The van der Waals surface area contributed by atoms with Crippen LogP contribution in [0.25, 0.3) is 0 Å². The third-order valence-electron chi connectivity index (χ3n) is 2.61. The summed E-state index contributed by atoms with van der Waals surface area (Å²) in [6, 6.07) is 3.55. The number of urea groups is 1. The van der Waals surface area contributed by atoms with Crippen LogP contribution in [-0.4, -0.2) is 40.2 Å². The van der Waals surface area contributed by atoms with Gasteiger partial charge in [0.2, 0.25) is 0 Å². The number of carboxylic acid groups (broad SMARTS) is 1. The van der Waals surface area contributed by atoms with E-state index in [1.807, 2.05) is 6.92 Å². The van der Waals surface area contributed by atoms with Gasteiger partial charge >= 0.3 is 12.0 Å². The van der Waals surface area contributed by atoms with Crippen molar-refractivity contribution in [3.8, 4) is 5.75 Å². The molecule has 0 heterocycles. The Labute approximate surface area is 117 Å². The first-order chi connectivity index (χ1) is 9.49. The van der Waals surface area contributed by atoms with Crippen molar-refractivity contribution in [2.75, 3.05) is 18.4 Å². The van der Waals surface area contributed by atoms with Crippen molar-refractivity contribution in [1.29, 1.82) is 0 Å². The molecule has 0 saturated carbocycles. The number of carboxylic acids is 1. The van der Waals surface area contributed by atoms with Gasteiger partial charge in [0.15, 0.2) is 0 Å². The average molecular weight is 278 g/mol. The summed E-state index contributed by atoms with van der Waals surface area (Å²) >= 11 is 0. The van der Waals surface area contributed by atoms with Crippen LogP contribution in [0.4, 0.5) is 10.5 Å². The zero-order valence-electron chi connectivity index (χ0n) is 11.3. The molecule has 3 N–H and O–H groups in total. The third-order valence-corrected chi connectivity index (χ3v) is 2.61. The van der Waals surface area contributed by atoms with Gasteiger partial charge in [-0.15, -0.1) is 6.58 Å². The molecule has 0 atom stereocenters. The minimum atomic E-state index is -1.25. The smallest absolute Gasteiger partial charge is 0.339 e. The van der Waals surface area contributed by atoms with E-state index in [1.54, 1.807) is 11.0 Å². The number of aromatic carboxylic acids is 1. The Bertz CT molecular complexity index is 514. The highest BCUT2D eigenvalue weighted by atomic mass is 16.4. The highest BCUT2D eigenvalue weighted by Crippen LogP contribution is 2.21. The number of aromatic hydroxyl groups is 1. The summed E-state index contributed by atoms with van der Waals surface area (Å²) in [5.41, 5.74) is 0.0592. The summed E-state index contributed by atoms with van der Waals surface area (Å²) < 4.78 is 0. The van der Waals surface area contributed by atoms with Crippen molar-refractivity contribution in [3.63, 3.8) is 0 Å². The first kappa shape index (κ1) is 15.6. The number of anilines is 1.